The molecule has 3 heteroatoms. The van der Waals surface area contributed by atoms with Gasteiger partial charge in [0.05, 0.1) is 0 Å². The number of halogens is 1. The second kappa shape index (κ2) is 8.02. The van der Waals surface area contributed by atoms with Gasteiger partial charge in [0.15, 0.2) is 0 Å². The van der Waals surface area contributed by atoms with Crippen LogP contribution in [0.25, 0.3) is 0 Å². The summed E-state index contributed by atoms with van der Waals surface area (Å²) in [7, 11) is 0. The van der Waals surface area contributed by atoms with Crippen LogP contribution in [-0.2, 0) is 4.79 Å². The summed E-state index contributed by atoms with van der Waals surface area (Å²) in [6, 6.07) is 0. The number of carbonyl (C=O) groups excluding carboxylic acids is 1. The van der Waals surface area contributed by atoms with Crippen molar-refractivity contribution in [1.29, 1.82) is 0 Å². The molecule has 0 saturated carbocycles. The van der Waals surface area contributed by atoms with Gasteiger partial charge in [0.2, 0.25) is 0 Å². The Morgan fingerprint density at radius 2 is 1.73 bits per heavy atom. The van der Waals surface area contributed by atoms with Crippen molar-refractivity contribution >= 4 is 18.2 Å². The van der Waals surface area contributed by atoms with Crippen molar-refractivity contribution in [2.75, 3.05) is 19.6 Å². The molecule has 2 nitrogen and oxygen atoms in total. The van der Waals surface area contributed by atoms with Crippen LogP contribution in [0.4, 0.5) is 0 Å². The van der Waals surface area contributed by atoms with E-state index in [-0.39, 0.29) is 18.2 Å². The molecule has 0 aliphatic carbocycles. The van der Waals surface area contributed by atoms with Crippen LogP contribution < -0.4 is 0 Å². The third-order valence-corrected chi connectivity index (χ3v) is 1.67. The minimum absolute atomic E-state index is 0. The van der Waals surface area contributed by atoms with Gasteiger partial charge in [-0.25, -0.2) is 0 Å². The number of carbonyl (C=O) groups is 1. The fraction of sp³-hybridized carbons (Fsp3) is 0.875. The van der Waals surface area contributed by atoms with Gasteiger partial charge in [-0.2, -0.15) is 0 Å². The molecule has 0 atom stereocenters. The van der Waals surface area contributed by atoms with Crippen molar-refractivity contribution in [3.8, 4) is 0 Å². The summed E-state index contributed by atoms with van der Waals surface area (Å²) in [5.74, 6) is 0.284. The first-order valence-electron chi connectivity index (χ1n) is 3.92. The molecule has 0 aromatic rings. The summed E-state index contributed by atoms with van der Waals surface area (Å²) < 4.78 is 0. The first kappa shape index (κ1) is 13.5. The van der Waals surface area contributed by atoms with Crippen LogP contribution in [0.15, 0.2) is 0 Å². The van der Waals surface area contributed by atoms with E-state index in [2.05, 4.69) is 18.7 Å². The molecule has 0 amide bonds. The molecule has 0 aromatic heterocycles. The van der Waals surface area contributed by atoms with Crippen LogP contribution in [0.2, 0.25) is 0 Å². The summed E-state index contributed by atoms with van der Waals surface area (Å²) in [4.78, 5) is 12.8. The molecule has 0 radical (unpaired) electrons. The smallest absolute Gasteiger partial charge is 0.131 e. The van der Waals surface area contributed by atoms with Gasteiger partial charge in [-0.05, 0) is 20.0 Å². The van der Waals surface area contributed by atoms with E-state index < -0.39 is 0 Å². The van der Waals surface area contributed by atoms with Gasteiger partial charge >= 0.3 is 0 Å². The summed E-state index contributed by atoms with van der Waals surface area (Å²) in [6.07, 6.45) is 0.696. The van der Waals surface area contributed by atoms with Gasteiger partial charge in [-0.3, -0.25) is 4.79 Å². The van der Waals surface area contributed by atoms with E-state index >= 15 is 0 Å². The maximum absolute atomic E-state index is 10.6. The van der Waals surface area contributed by atoms with E-state index in [4.69, 9.17) is 0 Å². The fourth-order valence-corrected chi connectivity index (χ4v) is 0.855. The maximum atomic E-state index is 10.6. The Balaban J connectivity index is 0. The molecule has 0 N–H and O–H groups in total. The van der Waals surface area contributed by atoms with E-state index in [9.17, 15) is 4.79 Å². The number of Topliss-reactive ketones (excluding diaryl/α,β-unsaturated/α-hetero) is 1. The maximum Gasteiger partial charge on any atom is 0.131 e. The first-order valence-corrected chi connectivity index (χ1v) is 3.92. The lowest BCUT2D eigenvalue weighted by Crippen LogP contribution is -2.25. The zero-order valence-corrected chi connectivity index (χ0v) is 8.41. The molecule has 0 saturated heterocycles. The molecule has 0 aromatic carbocycles. The lowest BCUT2D eigenvalue weighted by molar-refractivity contribution is -0.117. The number of rotatable bonds is 5. The fourth-order valence-electron chi connectivity index (χ4n) is 0.855. The third kappa shape index (κ3) is 7.82. The highest BCUT2D eigenvalue weighted by Crippen LogP contribution is 1.90. The third-order valence-electron chi connectivity index (χ3n) is 1.67. The highest BCUT2D eigenvalue weighted by Gasteiger charge is 1.99. The summed E-state index contributed by atoms with van der Waals surface area (Å²) in [5.41, 5.74) is 0. The minimum atomic E-state index is 0. The average molecular weight is 180 g/mol. The summed E-state index contributed by atoms with van der Waals surface area (Å²) in [5, 5.41) is 0. The normalized spacial score (nSPS) is 9.45. The molecule has 68 valence electrons. The zero-order chi connectivity index (χ0) is 7.98. The highest BCUT2D eigenvalue weighted by atomic mass is 35.5. The molecular weight excluding hydrogens is 162 g/mol. The van der Waals surface area contributed by atoms with Crippen LogP contribution >= 0.6 is 12.4 Å². The predicted molar refractivity (Wildman–Crippen MR) is 50.3 cm³/mol. The lowest BCUT2D eigenvalue weighted by atomic mass is 10.3. The summed E-state index contributed by atoms with van der Waals surface area (Å²) >= 11 is 0. The predicted octanol–water partition coefficient (Wildman–Crippen LogP) is 1.73. The van der Waals surface area contributed by atoms with Crippen LogP contribution in [0.1, 0.15) is 27.2 Å². The lowest BCUT2D eigenvalue weighted by Gasteiger charge is -2.16. The van der Waals surface area contributed by atoms with Crippen LogP contribution in [0.3, 0.4) is 0 Å². The molecule has 0 bridgehead atoms. The van der Waals surface area contributed by atoms with E-state index in [0.29, 0.717) is 6.42 Å². The van der Waals surface area contributed by atoms with Gasteiger partial charge in [0.1, 0.15) is 5.78 Å². The van der Waals surface area contributed by atoms with Crippen molar-refractivity contribution < 1.29 is 4.79 Å². The van der Waals surface area contributed by atoms with Crippen molar-refractivity contribution in [2.45, 2.75) is 27.2 Å². The Hall–Kier alpha value is -0.0800. The number of hydrogen-bond donors (Lipinski definition) is 0. The standard InChI is InChI=1S/C8H17NO.ClH/c1-4-9(5-2)7-6-8(3)10;/h4-7H2,1-3H3;1H. The molecule has 0 rings (SSSR count). The summed E-state index contributed by atoms with van der Waals surface area (Å²) in [6.45, 7) is 8.88. The number of ketones is 1. The van der Waals surface area contributed by atoms with E-state index in [1.54, 1.807) is 6.92 Å². The van der Waals surface area contributed by atoms with Crippen LogP contribution in [0.5, 0.6) is 0 Å². The molecule has 0 unspecified atom stereocenters. The second-order valence-corrected chi connectivity index (χ2v) is 2.48. The molecule has 0 heterocycles. The molecule has 0 aliphatic heterocycles. The van der Waals surface area contributed by atoms with Gasteiger partial charge in [0.25, 0.3) is 0 Å². The molecular formula is C8H18ClNO. The van der Waals surface area contributed by atoms with Gasteiger partial charge in [0, 0.05) is 13.0 Å². The second-order valence-electron chi connectivity index (χ2n) is 2.48. The van der Waals surface area contributed by atoms with E-state index in [1.807, 2.05) is 0 Å². The van der Waals surface area contributed by atoms with Gasteiger partial charge in [-0.1, -0.05) is 13.8 Å². The first-order chi connectivity index (χ1) is 4.70. The number of nitrogens with zero attached hydrogens (tertiary/aromatic N) is 1. The SMILES string of the molecule is CCN(CC)CCC(C)=O.Cl. The Bertz CT molecular complexity index is 102. The van der Waals surface area contributed by atoms with Crippen molar-refractivity contribution in [3.05, 3.63) is 0 Å². The van der Waals surface area contributed by atoms with Crippen LogP contribution in [-0.4, -0.2) is 30.3 Å². The Morgan fingerprint density at radius 3 is 2.00 bits per heavy atom. The van der Waals surface area contributed by atoms with E-state index in [1.165, 1.54) is 0 Å². The zero-order valence-electron chi connectivity index (χ0n) is 7.59. The quantitative estimate of drug-likeness (QED) is 0.641. The molecule has 11 heavy (non-hydrogen) atoms. The van der Waals surface area contributed by atoms with Crippen molar-refractivity contribution in [3.63, 3.8) is 0 Å². The molecule has 0 fully saturated rings. The van der Waals surface area contributed by atoms with Gasteiger partial charge < -0.3 is 4.90 Å². The van der Waals surface area contributed by atoms with E-state index in [0.717, 1.165) is 19.6 Å². The Morgan fingerprint density at radius 1 is 1.27 bits per heavy atom. The highest BCUT2D eigenvalue weighted by molar-refractivity contribution is 5.85. The largest absolute Gasteiger partial charge is 0.303 e. The molecule has 0 spiro atoms. The monoisotopic (exact) mass is 179 g/mol. The Kier molecular flexibility index (Phi) is 9.85. The minimum Gasteiger partial charge on any atom is -0.303 e. The topological polar surface area (TPSA) is 20.3 Å². The number of hydrogen-bond acceptors (Lipinski definition) is 2. The van der Waals surface area contributed by atoms with Crippen molar-refractivity contribution in [2.24, 2.45) is 0 Å². The Labute approximate surface area is 75.4 Å². The van der Waals surface area contributed by atoms with Gasteiger partial charge in [-0.15, -0.1) is 12.4 Å². The average Bonchev–Trinajstić information content (AvgIpc) is 1.90. The van der Waals surface area contributed by atoms with Crippen molar-refractivity contribution in [1.82, 2.24) is 4.90 Å². The molecule has 0 aliphatic rings. The van der Waals surface area contributed by atoms with Crippen LogP contribution in [0, 0.1) is 0 Å².